The fourth-order valence-corrected chi connectivity index (χ4v) is 4.74. The van der Waals surface area contributed by atoms with Gasteiger partial charge in [0.15, 0.2) is 0 Å². The molecule has 2 aromatic rings. The van der Waals surface area contributed by atoms with Gasteiger partial charge in [0, 0.05) is 10.9 Å². The molecule has 3 atom stereocenters. The number of benzene rings is 2. The summed E-state index contributed by atoms with van der Waals surface area (Å²) in [6.07, 6.45) is -0.960. The van der Waals surface area contributed by atoms with E-state index in [0.717, 1.165) is 4.47 Å². The molecule has 0 unspecified atom stereocenters. The van der Waals surface area contributed by atoms with Gasteiger partial charge in [-0.15, -0.1) is 0 Å². The highest BCUT2D eigenvalue weighted by Crippen LogP contribution is 2.32. The Bertz CT molecular complexity index is 990. The highest BCUT2D eigenvalue weighted by atomic mass is 79.9. The summed E-state index contributed by atoms with van der Waals surface area (Å²) in [6.45, 7) is 0. The average molecular weight is 497 g/mol. The van der Waals surface area contributed by atoms with Crippen LogP contribution < -0.4 is 0 Å². The molecule has 30 heavy (non-hydrogen) atoms. The number of hydrogen-bond acceptors (Lipinski definition) is 7. The first-order valence-corrected chi connectivity index (χ1v) is 11.5. The van der Waals surface area contributed by atoms with E-state index in [2.05, 4.69) is 15.9 Å². The van der Waals surface area contributed by atoms with Crippen LogP contribution in [0.25, 0.3) is 0 Å². The number of hydrogen-bond donors (Lipinski definition) is 0. The van der Waals surface area contributed by atoms with Gasteiger partial charge in [-0.05, 0) is 49.2 Å². The molecule has 0 heterocycles. The van der Waals surface area contributed by atoms with Crippen molar-refractivity contribution < 1.29 is 31.7 Å². The van der Waals surface area contributed by atoms with Gasteiger partial charge in [-0.3, -0.25) is 8.98 Å². The quantitative estimate of drug-likeness (QED) is 0.444. The van der Waals surface area contributed by atoms with Crippen LogP contribution in [0.2, 0.25) is 0 Å². The molecule has 0 spiro atoms. The minimum atomic E-state index is -4.05. The van der Waals surface area contributed by atoms with Crippen molar-refractivity contribution in [2.75, 3.05) is 7.11 Å². The van der Waals surface area contributed by atoms with Gasteiger partial charge in [0.25, 0.3) is 10.1 Å². The van der Waals surface area contributed by atoms with Gasteiger partial charge >= 0.3 is 11.9 Å². The first-order valence-electron chi connectivity index (χ1n) is 9.31. The summed E-state index contributed by atoms with van der Waals surface area (Å²) in [5, 5.41) is 0. The van der Waals surface area contributed by atoms with Crippen molar-refractivity contribution in [2.45, 2.75) is 36.4 Å². The molecule has 0 saturated heterocycles. The number of carbonyl (C=O) groups excluding carboxylic acids is 2. The lowest BCUT2D eigenvalue weighted by Crippen LogP contribution is -2.38. The van der Waals surface area contributed by atoms with Crippen LogP contribution in [0.1, 0.15) is 29.6 Å². The van der Waals surface area contributed by atoms with Crippen LogP contribution in [0.15, 0.2) is 64.0 Å². The summed E-state index contributed by atoms with van der Waals surface area (Å²) in [5.41, 5.74) is 0.373. The molecule has 1 fully saturated rings. The van der Waals surface area contributed by atoms with Crippen molar-refractivity contribution in [3.63, 3.8) is 0 Å². The lowest BCUT2D eigenvalue weighted by atomic mass is 9.85. The number of carbonyl (C=O) groups is 2. The van der Waals surface area contributed by atoms with E-state index in [1.807, 2.05) is 0 Å². The molecule has 1 aliphatic carbocycles. The Labute approximate surface area is 183 Å². The number of halogens is 1. The van der Waals surface area contributed by atoms with Gasteiger partial charge in [0.1, 0.15) is 6.10 Å². The van der Waals surface area contributed by atoms with Gasteiger partial charge in [-0.2, -0.15) is 8.42 Å². The Morgan fingerprint density at radius 2 is 1.57 bits per heavy atom. The Morgan fingerprint density at radius 3 is 2.20 bits per heavy atom. The number of esters is 2. The zero-order valence-electron chi connectivity index (χ0n) is 16.2. The number of methoxy groups -OCH3 is 1. The minimum absolute atomic E-state index is 0.00345. The fourth-order valence-electron chi connectivity index (χ4n) is 3.38. The van der Waals surface area contributed by atoms with Crippen LogP contribution in [0, 0.1) is 5.92 Å². The topological polar surface area (TPSA) is 96.0 Å². The van der Waals surface area contributed by atoms with E-state index < -0.39 is 40.2 Å². The van der Waals surface area contributed by atoms with E-state index in [0.29, 0.717) is 5.56 Å². The Kier molecular flexibility index (Phi) is 7.27. The minimum Gasteiger partial charge on any atom is -0.469 e. The highest BCUT2D eigenvalue weighted by molar-refractivity contribution is 9.10. The normalized spacial score (nSPS) is 21.6. The fraction of sp³-hybridized carbons (Fsp3) is 0.333. The van der Waals surface area contributed by atoms with Crippen molar-refractivity contribution >= 4 is 38.0 Å². The van der Waals surface area contributed by atoms with Gasteiger partial charge in [0.2, 0.25) is 0 Å². The second-order valence-corrected chi connectivity index (χ2v) is 9.43. The van der Waals surface area contributed by atoms with Crippen LogP contribution >= 0.6 is 15.9 Å². The molecular weight excluding hydrogens is 476 g/mol. The number of ether oxygens (including phenoxy) is 2. The third-order valence-corrected chi connectivity index (χ3v) is 6.71. The van der Waals surface area contributed by atoms with Gasteiger partial charge in [0.05, 0.1) is 29.6 Å². The second kappa shape index (κ2) is 9.72. The predicted octanol–water partition coefficient (Wildman–Crippen LogP) is 3.72. The van der Waals surface area contributed by atoms with E-state index in [1.54, 1.807) is 42.5 Å². The van der Waals surface area contributed by atoms with Crippen molar-refractivity contribution in [3.05, 3.63) is 64.6 Å². The Morgan fingerprint density at radius 1 is 0.933 bits per heavy atom. The summed E-state index contributed by atoms with van der Waals surface area (Å²) in [5.74, 6) is -1.67. The molecule has 0 amide bonds. The van der Waals surface area contributed by atoms with Crippen molar-refractivity contribution in [2.24, 2.45) is 5.92 Å². The molecule has 3 rings (SSSR count). The monoisotopic (exact) mass is 496 g/mol. The van der Waals surface area contributed by atoms with Gasteiger partial charge < -0.3 is 9.47 Å². The van der Waals surface area contributed by atoms with E-state index in [4.69, 9.17) is 13.7 Å². The third kappa shape index (κ3) is 5.68. The summed E-state index contributed by atoms with van der Waals surface area (Å²) < 4.78 is 41.8. The molecule has 0 aromatic heterocycles. The maximum Gasteiger partial charge on any atom is 0.338 e. The molecular formula is C21H21BrO7S. The molecule has 0 radical (unpaired) electrons. The maximum atomic E-state index is 12.6. The van der Waals surface area contributed by atoms with Crippen molar-refractivity contribution in [1.82, 2.24) is 0 Å². The molecule has 160 valence electrons. The summed E-state index contributed by atoms with van der Waals surface area (Å²) in [7, 11) is -2.79. The van der Waals surface area contributed by atoms with Gasteiger partial charge in [-0.25, -0.2) is 4.79 Å². The standard InChI is InChI=1S/C21H21BrO7S/c1-27-20(23)15-11-17(28-21(24)14-5-3-2-4-6-14)13-18(12-15)29-30(25,26)19-9-7-16(22)8-10-19/h2-10,15,17-18H,11-13H2,1H3/t15-,17-,18-/m1/s1. The summed E-state index contributed by atoms with van der Waals surface area (Å²) >= 11 is 3.26. The van der Waals surface area contributed by atoms with E-state index >= 15 is 0 Å². The lowest BCUT2D eigenvalue weighted by molar-refractivity contribution is -0.149. The van der Waals surface area contributed by atoms with Crippen LogP contribution in [-0.4, -0.2) is 39.7 Å². The van der Waals surface area contributed by atoms with E-state index in [9.17, 15) is 18.0 Å². The lowest BCUT2D eigenvalue weighted by Gasteiger charge is -2.32. The van der Waals surface area contributed by atoms with Crippen molar-refractivity contribution in [1.29, 1.82) is 0 Å². The first-order chi connectivity index (χ1) is 14.3. The third-order valence-electron chi connectivity index (χ3n) is 4.80. The van der Waals surface area contributed by atoms with E-state index in [-0.39, 0.29) is 24.2 Å². The number of rotatable bonds is 6. The molecule has 2 aromatic carbocycles. The smallest absolute Gasteiger partial charge is 0.338 e. The van der Waals surface area contributed by atoms with Crippen molar-refractivity contribution in [3.8, 4) is 0 Å². The first kappa shape index (κ1) is 22.5. The Balaban J connectivity index is 1.75. The largest absolute Gasteiger partial charge is 0.469 e. The van der Waals surface area contributed by atoms with E-state index in [1.165, 1.54) is 19.2 Å². The summed E-state index contributed by atoms with van der Waals surface area (Å²) in [6, 6.07) is 14.5. The second-order valence-electron chi connectivity index (χ2n) is 6.95. The van der Waals surface area contributed by atoms with Crippen LogP contribution in [0.3, 0.4) is 0 Å². The molecule has 1 aliphatic rings. The van der Waals surface area contributed by atoms with Crippen LogP contribution in [0.4, 0.5) is 0 Å². The van der Waals surface area contributed by atoms with Crippen LogP contribution in [-0.2, 0) is 28.6 Å². The molecule has 0 aliphatic heterocycles. The summed E-state index contributed by atoms with van der Waals surface area (Å²) in [4.78, 5) is 24.5. The zero-order chi connectivity index (χ0) is 21.7. The average Bonchev–Trinajstić information content (AvgIpc) is 2.73. The molecule has 1 saturated carbocycles. The molecule has 7 nitrogen and oxygen atoms in total. The highest BCUT2D eigenvalue weighted by Gasteiger charge is 2.38. The Hall–Kier alpha value is -2.23. The molecule has 0 bridgehead atoms. The molecule has 9 heteroatoms. The van der Waals surface area contributed by atoms with Crippen LogP contribution in [0.5, 0.6) is 0 Å². The predicted molar refractivity (Wildman–Crippen MR) is 111 cm³/mol. The van der Waals surface area contributed by atoms with Gasteiger partial charge in [-0.1, -0.05) is 34.1 Å². The molecule has 0 N–H and O–H groups in total. The maximum absolute atomic E-state index is 12.6. The SMILES string of the molecule is COC(=O)[C@@H]1C[C@@H](OC(=O)c2ccccc2)C[C@H](OS(=O)(=O)c2ccc(Br)cc2)C1. The zero-order valence-corrected chi connectivity index (χ0v) is 18.6.